The highest BCUT2D eigenvalue weighted by Gasteiger charge is 2.39. The normalized spacial score (nSPS) is 27.5. The Bertz CT molecular complexity index is 435. The van der Waals surface area contributed by atoms with Gasteiger partial charge in [0.15, 0.2) is 0 Å². The van der Waals surface area contributed by atoms with Gasteiger partial charge in [-0.1, -0.05) is 42.1 Å². The van der Waals surface area contributed by atoms with E-state index in [4.69, 9.17) is 0 Å². The average molecular weight is 307 g/mol. The van der Waals surface area contributed by atoms with Gasteiger partial charge in [0.1, 0.15) is 5.54 Å². The molecule has 0 aliphatic heterocycles. The third-order valence-corrected chi connectivity index (χ3v) is 4.50. The molecule has 2 unspecified atom stereocenters. The molecule has 1 aromatic carbocycles. The predicted octanol–water partition coefficient (Wildman–Crippen LogP) is 4.72. The van der Waals surface area contributed by atoms with Crippen molar-refractivity contribution in [2.45, 2.75) is 44.6 Å². The van der Waals surface area contributed by atoms with E-state index in [1.54, 1.807) is 0 Å². The van der Waals surface area contributed by atoms with Crippen LogP contribution in [-0.2, 0) is 0 Å². The number of halogens is 1. The lowest BCUT2D eigenvalue weighted by molar-refractivity contribution is 0.259. The number of nitrogens with zero attached hydrogens (tertiary/aromatic N) is 1. The van der Waals surface area contributed by atoms with E-state index in [9.17, 15) is 5.26 Å². The summed E-state index contributed by atoms with van der Waals surface area (Å²) in [6, 6.07) is 10.6. The van der Waals surface area contributed by atoms with E-state index >= 15 is 0 Å². The van der Waals surface area contributed by atoms with Crippen LogP contribution in [0.4, 0.5) is 5.69 Å². The standard InChI is InChI=1S/C15H19BrN2/c1-2-12-5-3-4-10-15(12,11-17)18-14-8-6-13(16)7-9-14/h6-9,12,18H,2-5,10H2,1H3. The molecule has 2 atom stereocenters. The van der Waals surface area contributed by atoms with E-state index in [2.05, 4.69) is 34.2 Å². The highest BCUT2D eigenvalue weighted by atomic mass is 79.9. The van der Waals surface area contributed by atoms with Gasteiger partial charge in [-0.3, -0.25) is 0 Å². The summed E-state index contributed by atoms with van der Waals surface area (Å²) in [7, 11) is 0. The average Bonchev–Trinajstić information content (AvgIpc) is 2.42. The Morgan fingerprint density at radius 3 is 2.72 bits per heavy atom. The number of benzene rings is 1. The van der Waals surface area contributed by atoms with Crippen LogP contribution in [0.15, 0.2) is 28.7 Å². The van der Waals surface area contributed by atoms with Crippen molar-refractivity contribution in [1.29, 1.82) is 5.26 Å². The maximum Gasteiger partial charge on any atom is 0.128 e. The van der Waals surface area contributed by atoms with E-state index < -0.39 is 0 Å². The minimum atomic E-state index is -0.374. The number of anilines is 1. The maximum absolute atomic E-state index is 9.64. The maximum atomic E-state index is 9.64. The minimum Gasteiger partial charge on any atom is -0.367 e. The molecule has 0 aromatic heterocycles. The second kappa shape index (κ2) is 5.75. The molecule has 1 N–H and O–H groups in total. The number of nitriles is 1. The largest absolute Gasteiger partial charge is 0.367 e. The fourth-order valence-electron chi connectivity index (χ4n) is 2.93. The van der Waals surface area contributed by atoms with E-state index in [-0.39, 0.29) is 5.54 Å². The molecule has 0 spiro atoms. The first-order valence-electron chi connectivity index (χ1n) is 6.65. The summed E-state index contributed by atoms with van der Waals surface area (Å²) in [6.07, 6.45) is 5.58. The van der Waals surface area contributed by atoms with Crippen LogP contribution in [0.5, 0.6) is 0 Å². The van der Waals surface area contributed by atoms with Crippen molar-refractivity contribution in [2.24, 2.45) is 5.92 Å². The number of hydrogen-bond donors (Lipinski definition) is 1. The number of rotatable bonds is 3. The smallest absolute Gasteiger partial charge is 0.128 e. The van der Waals surface area contributed by atoms with Crippen molar-refractivity contribution in [2.75, 3.05) is 5.32 Å². The molecule has 0 saturated heterocycles. The van der Waals surface area contributed by atoms with Gasteiger partial charge in [0.05, 0.1) is 6.07 Å². The SMILES string of the molecule is CCC1CCCCC1(C#N)Nc1ccc(Br)cc1. The Hall–Kier alpha value is -1.01. The molecule has 2 nitrogen and oxygen atoms in total. The third-order valence-electron chi connectivity index (χ3n) is 3.97. The van der Waals surface area contributed by atoms with Gasteiger partial charge in [0, 0.05) is 10.2 Å². The number of hydrogen-bond acceptors (Lipinski definition) is 2. The summed E-state index contributed by atoms with van der Waals surface area (Å²) < 4.78 is 1.06. The van der Waals surface area contributed by atoms with Gasteiger partial charge in [-0.15, -0.1) is 0 Å². The minimum absolute atomic E-state index is 0.374. The van der Waals surface area contributed by atoms with Crippen LogP contribution in [0.2, 0.25) is 0 Å². The van der Waals surface area contributed by atoms with Crippen LogP contribution in [0.1, 0.15) is 39.0 Å². The predicted molar refractivity (Wildman–Crippen MR) is 78.4 cm³/mol. The molecule has 0 amide bonds. The molecule has 0 bridgehead atoms. The van der Waals surface area contributed by atoms with Crippen LogP contribution >= 0.6 is 15.9 Å². The van der Waals surface area contributed by atoms with Crippen LogP contribution < -0.4 is 5.32 Å². The van der Waals surface area contributed by atoms with Crippen molar-refractivity contribution in [3.63, 3.8) is 0 Å². The van der Waals surface area contributed by atoms with Crippen LogP contribution in [-0.4, -0.2) is 5.54 Å². The zero-order valence-electron chi connectivity index (χ0n) is 10.7. The highest BCUT2D eigenvalue weighted by Crippen LogP contribution is 2.38. The van der Waals surface area contributed by atoms with E-state index in [0.717, 1.165) is 35.8 Å². The molecule has 2 rings (SSSR count). The first kappa shape index (κ1) is 13.4. The molecule has 0 radical (unpaired) electrons. The lowest BCUT2D eigenvalue weighted by Gasteiger charge is -2.40. The van der Waals surface area contributed by atoms with E-state index in [1.807, 2.05) is 24.3 Å². The second-order valence-corrected chi connectivity index (χ2v) is 5.98. The zero-order chi connectivity index (χ0) is 13.0. The summed E-state index contributed by atoms with van der Waals surface area (Å²) in [5, 5.41) is 13.1. The van der Waals surface area contributed by atoms with Gasteiger partial charge in [0.25, 0.3) is 0 Å². The fourth-order valence-corrected chi connectivity index (χ4v) is 3.19. The van der Waals surface area contributed by atoms with Crippen molar-refractivity contribution in [3.05, 3.63) is 28.7 Å². The summed E-state index contributed by atoms with van der Waals surface area (Å²) >= 11 is 3.43. The fraction of sp³-hybridized carbons (Fsp3) is 0.533. The Morgan fingerprint density at radius 1 is 1.39 bits per heavy atom. The van der Waals surface area contributed by atoms with Crippen molar-refractivity contribution in [1.82, 2.24) is 0 Å². The Morgan fingerprint density at radius 2 is 2.11 bits per heavy atom. The lowest BCUT2D eigenvalue weighted by Crippen LogP contribution is -2.46. The zero-order valence-corrected chi connectivity index (χ0v) is 12.3. The van der Waals surface area contributed by atoms with Crippen LogP contribution in [0, 0.1) is 17.2 Å². The summed E-state index contributed by atoms with van der Waals surface area (Å²) in [6.45, 7) is 2.19. The molecule has 96 valence electrons. The molecule has 1 aliphatic carbocycles. The molecule has 1 aromatic rings. The Labute approximate surface area is 118 Å². The molecule has 1 fully saturated rings. The number of nitrogens with one attached hydrogen (secondary N) is 1. The highest BCUT2D eigenvalue weighted by molar-refractivity contribution is 9.10. The Balaban J connectivity index is 2.21. The van der Waals surface area contributed by atoms with Crippen molar-refractivity contribution >= 4 is 21.6 Å². The van der Waals surface area contributed by atoms with E-state index in [1.165, 1.54) is 6.42 Å². The lowest BCUT2D eigenvalue weighted by atomic mass is 9.72. The topological polar surface area (TPSA) is 35.8 Å². The molecule has 3 heteroatoms. The van der Waals surface area contributed by atoms with Crippen LogP contribution in [0.3, 0.4) is 0 Å². The third kappa shape index (κ3) is 2.70. The summed E-state index contributed by atoms with van der Waals surface area (Å²) in [5.41, 5.74) is 0.668. The van der Waals surface area contributed by atoms with Crippen LogP contribution in [0.25, 0.3) is 0 Å². The monoisotopic (exact) mass is 306 g/mol. The molecule has 0 heterocycles. The van der Waals surface area contributed by atoms with Gasteiger partial charge < -0.3 is 5.32 Å². The van der Waals surface area contributed by atoms with Gasteiger partial charge in [0.2, 0.25) is 0 Å². The molecule has 18 heavy (non-hydrogen) atoms. The van der Waals surface area contributed by atoms with Gasteiger partial charge >= 0.3 is 0 Å². The first-order valence-corrected chi connectivity index (χ1v) is 7.44. The summed E-state index contributed by atoms with van der Waals surface area (Å²) in [5.74, 6) is 0.458. The molecular weight excluding hydrogens is 288 g/mol. The van der Waals surface area contributed by atoms with Gasteiger partial charge in [-0.05, 0) is 43.0 Å². The Kier molecular flexibility index (Phi) is 4.29. The van der Waals surface area contributed by atoms with E-state index in [0.29, 0.717) is 5.92 Å². The van der Waals surface area contributed by atoms with Crippen molar-refractivity contribution < 1.29 is 0 Å². The quantitative estimate of drug-likeness (QED) is 0.876. The van der Waals surface area contributed by atoms with Gasteiger partial charge in [-0.2, -0.15) is 5.26 Å². The summed E-state index contributed by atoms with van der Waals surface area (Å²) in [4.78, 5) is 0. The molecular formula is C15H19BrN2. The molecule has 1 aliphatic rings. The first-order chi connectivity index (χ1) is 8.70. The molecule has 1 saturated carbocycles. The second-order valence-electron chi connectivity index (χ2n) is 5.07. The van der Waals surface area contributed by atoms with Gasteiger partial charge in [-0.25, -0.2) is 0 Å². The van der Waals surface area contributed by atoms with Crippen molar-refractivity contribution in [3.8, 4) is 6.07 Å².